The number of amides is 1. The molecular formula is C21H22N4O2S. The summed E-state index contributed by atoms with van der Waals surface area (Å²) in [6.07, 6.45) is 5.76. The van der Waals surface area contributed by atoms with E-state index in [1.807, 2.05) is 30.3 Å². The van der Waals surface area contributed by atoms with E-state index in [9.17, 15) is 9.59 Å². The molecule has 0 aliphatic heterocycles. The van der Waals surface area contributed by atoms with Gasteiger partial charge in [-0.2, -0.15) is 5.10 Å². The number of aromatic nitrogens is 3. The molecule has 2 aromatic heterocycles. The van der Waals surface area contributed by atoms with E-state index in [4.69, 9.17) is 0 Å². The van der Waals surface area contributed by atoms with Crippen molar-refractivity contribution in [1.82, 2.24) is 20.1 Å². The molecule has 0 saturated heterocycles. The van der Waals surface area contributed by atoms with Gasteiger partial charge in [-0.3, -0.25) is 9.59 Å². The fourth-order valence-electron chi connectivity index (χ4n) is 3.98. The first-order valence-electron chi connectivity index (χ1n) is 9.93. The predicted octanol–water partition coefficient (Wildman–Crippen LogP) is 3.64. The standard InChI is InChI=1S/C21H22N4O2S/c26-19-12-11-16(13-5-6-13)24-25(19)15-9-7-14(8-10-15)22-20(27)21-23-17-3-1-2-4-18(17)28-21/h1-4,11-15H,5-10H2,(H,22,27). The van der Waals surface area contributed by atoms with Crippen molar-refractivity contribution in [2.75, 3.05) is 0 Å². The van der Waals surface area contributed by atoms with Crippen molar-refractivity contribution in [2.24, 2.45) is 0 Å². The lowest BCUT2D eigenvalue weighted by Gasteiger charge is -2.29. The highest BCUT2D eigenvalue weighted by Gasteiger charge is 2.29. The number of carbonyl (C=O) groups excluding carboxylic acids is 1. The monoisotopic (exact) mass is 394 g/mol. The maximum absolute atomic E-state index is 12.6. The van der Waals surface area contributed by atoms with Crippen molar-refractivity contribution in [3.63, 3.8) is 0 Å². The van der Waals surface area contributed by atoms with Gasteiger partial charge < -0.3 is 5.32 Å². The van der Waals surface area contributed by atoms with Crippen LogP contribution < -0.4 is 10.9 Å². The van der Waals surface area contributed by atoms with Gasteiger partial charge in [0.2, 0.25) is 0 Å². The summed E-state index contributed by atoms with van der Waals surface area (Å²) in [5.74, 6) is 0.437. The molecule has 6 nitrogen and oxygen atoms in total. The van der Waals surface area contributed by atoms with Gasteiger partial charge in [-0.05, 0) is 56.7 Å². The molecule has 0 radical (unpaired) electrons. The van der Waals surface area contributed by atoms with E-state index in [2.05, 4.69) is 15.4 Å². The topological polar surface area (TPSA) is 76.9 Å². The predicted molar refractivity (Wildman–Crippen MR) is 109 cm³/mol. The molecule has 28 heavy (non-hydrogen) atoms. The first-order chi connectivity index (χ1) is 13.7. The Morgan fingerprint density at radius 3 is 2.57 bits per heavy atom. The number of carbonyl (C=O) groups is 1. The Bertz CT molecular complexity index is 1040. The highest BCUT2D eigenvalue weighted by atomic mass is 32.1. The molecular weight excluding hydrogens is 372 g/mol. The molecule has 0 atom stereocenters. The molecule has 0 spiro atoms. The second kappa shape index (κ2) is 7.13. The van der Waals surface area contributed by atoms with Gasteiger partial charge >= 0.3 is 0 Å². The van der Waals surface area contributed by atoms with Gasteiger partial charge in [-0.15, -0.1) is 11.3 Å². The van der Waals surface area contributed by atoms with Crippen LogP contribution in [-0.4, -0.2) is 26.7 Å². The second-order valence-electron chi connectivity index (χ2n) is 7.78. The van der Waals surface area contributed by atoms with Crippen molar-refractivity contribution < 1.29 is 4.79 Å². The number of para-hydroxylation sites is 1. The van der Waals surface area contributed by atoms with Crippen molar-refractivity contribution in [2.45, 2.75) is 56.5 Å². The van der Waals surface area contributed by atoms with Crippen LogP contribution in [0.3, 0.4) is 0 Å². The Morgan fingerprint density at radius 1 is 1.04 bits per heavy atom. The molecule has 2 aliphatic rings. The average Bonchev–Trinajstić information content (AvgIpc) is 3.47. The zero-order valence-electron chi connectivity index (χ0n) is 15.5. The summed E-state index contributed by atoms with van der Waals surface area (Å²) in [6.45, 7) is 0. The summed E-state index contributed by atoms with van der Waals surface area (Å²) in [5.41, 5.74) is 1.89. The lowest BCUT2D eigenvalue weighted by molar-refractivity contribution is 0.0921. The first-order valence-corrected chi connectivity index (χ1v) is 10.8. The van der Waals surface area contributed by atoms with Gasteiger partial charge in [0.25, 0.3) is 11.5 Å². The summed E-state index contributed by atoms with van der Waals surface area (Å²) in [5, 5.41) is 8.26. The van der Waals surface area contributed by atoms with Crippen LogP contribution in [0.4, 0.5) is 0 Å². The number of nitrogens with zero attached hydrogens (tertiary/aromatic N) is 3. The van der Waals surface area contributed by atoms with Crippen LogP contribution in [-0.2, 0) is 0 Å². The molecule has 2 saturated carbocycles. The summed E-state index contributed by atoms with van der Waals surface area (Å²) in [7, 11) is 0. The van der Waals surface area contributed by atoms with Crippen LogP contribution in [0.2, 0.25) is 0 Å². The highest BCUT2D eigenvalue weighted by molar-refractivity contribution is 7.20. The van der Waals surface area contributed by atoms with Gasteiger partial charge in [-0.1, -0.05) is 12.1 Å². The van der Waals surface area contributed by atoms with E-state index in [-0.39, 0.29) is 23.6 Å². The van der Waals surface area contributed by atoms with Crippen LogP contribution in [0.5, 0.6) is 0 Å². The molecule has 1 amide bonds. The third-order valence-electron chi connectivity index (χ3n) is 5.71. The molecule has 2 aliphatic carbocycles. The molecule has 1 N–H and O–H groups in total. The van der Waals surface area contributed by atoms with Gasteiger partial charge in [0.05, 0.1) is 22.0 Å². The largest absolute Gasteiger partial charge is 0.347 e. The third kappa shape index (κ3) is 3.46. The fraction of sp³-hybridized carbons (Fsp3) is 0.429. The van der Waals surface area contributed by atoms with Crippen LogP contribution in [0, 0.1) is 0 Å². The summed E-state index contributed by atoms with van der Waals surface area (Å²) in [6, 6.07) is 11.6. The SMILES string of the molecule is O=C(NC1CCC(n2nc(C3CC3)ccc2=O)CC1)c1nc2ccccc2s1. The van der Waals surface area contributed by atoms with Crippen LogP contribution in [0.25, 0.3) is 10.2 Å². The molecule has 0 bridgehead atoms. The third-order valence-corrected chi connectivity index (χ3v) is 6.74. The van der Waals surface area contributed by atoms with Gasteiger partial charge in [-0.25, -0.2) is 9.67 Å². The quantitative estimate of drug-likeness (QED) is 0.733. The smallest absolute Gasteiger partial charge is 0.280 e. The number of nitrogens with one attached hydrogen (secondary N) is 1. The summed E-state index contributed by atoms with van der Waals surface area (Å²) in [4.78, 5) is 29.3. The Hall–Kier alpha value is -2.54. The van der Waals surface area contributed by atoms with E-state index < -0.39 is 0 Å². The van der Waals surface area contributed by atoms with E-state index in [1.54, 1.807) is 10.7 Å². The summed E-state index contributed by atoms with van der Waals surface area (Å²) >= 11 is 1.42. The minimum atomic E-state index is -0.101. The van der Waals surface area contributed by atoms with E-state index >= 15 is 0 Å². The summed E-state index contributed by atoms with van der Waals surface area (Å²) < 4.78 is 2.71. The van der Waals surface area contributed by atoms with Crippen LogP contribution in [0.15, 0.2) is 41.2 Å². The number of fused-ring (bicyclic) bond motifs is 1. The van der Waals surface area contributed by atoms with Crippen molar-refractivity contribution in [3.8, 4) is 0 Å². The van der Waals surface area contributed by atoms with Crippen LogP contribution >= 0.6 is 11.3 Å². The molecule has 0 unspecified atom stereocenters. The number of rotatable bonds is 4. The highest BCUT2D eigenvalue weighted by Crippen LogP contribution is 2.38. The van der Waals surface area contributed by atoms with E-state index in [1.165, 1.54) is 24.2 Å². The van der Waals surface area contributed by atoms with Crippen molar-refractivity contribution >= 4 is 27.5 Å². The maximum Gasteiger partial charge on any atom is 0.280 e. The fourth-order valence-corrected chi connectivity index (χ4v) is 4.85. The Labute approximate surface area is 166 Å². The lowest BCUT2D eigenvalue weighted by atomic mass is 9.91. The number of hydrogen-bond donors (Lipinski definition) is 1. The molecule has 1 aromatic carbocycles. The molecule has 7 heteroatoms. The Balaban J connectivity index is 1.23. The normalized spacial score (nSPS) is 22.3. The zero-order valence-corrected chi connectivity index (χ0v) is 16.3. The molecule has 2 fully saturated rings. The number of benzene rings is 1. The van der Waals surface area contributed by atoms with Crippen molar-refractivity contribution in [1.29, 1.82) is 0 Å². The molecule has 2 heterocycles. The first kappa shape index (κ1) is 17.6. The zero-order chi connectivity index (χ0) is 19.1. The Kier molecular flexibility index (Phi) is 4.47. The van der Waals surface area contributed by atoms with Gasteiger partial charge in [0.1, 0.15) is 0 Å². The average molecular weight is 395 g/mol. The van der Waals surface area contributed by atoms with E-state index in [0.29, 0.717) is 10.9 Å². The molecule has 3 aromatic rings. The number of hydrogen-bond acceptors (Lipinski definition) is 5. The Morgan fingerprint density at radius 2 is 1.82 bits per heavy atom. The van der Waals surface area contributed by atoms with Gasteiger partial charge in [0, 0.05) is 18.0 Å². The minimum Gasteiger partial charge on any atom is -0.347 e. The van der Waals surface area contributed by atoms with Crippen LogP contribution in [0.1, 0.15) is 66.0 Å². The second-order valence-corrected chi connectivity index (χ2v) is 8.81. The minimum absolute atomic E-state index is 0.0219. The van der Waals surface area contributed by atoms with Crippen molar-refractivity contribution in [3.05, 3.63) is 57.5 Å². The molecule has 144 valence electrons. The molecule has 5 rings (SSSR count). The number of thiazole rings is 1. The lowest BCUT2D eigenvalue weighted by Crippen LogP contribution is -2.39. The maximum atomic E-state index is 12.6. The van der Waals surface area contributed by atoms with Gasteiger partial charge in [0.15, 0.2) is 5.01 Å². The van der Waals surface area contributed by atoms with E-state index in [0.717, 1.165) is 41.6 Å².